The third kappa shape index (κ3) is 2.12. The van der Waals surface area contributed by atoms with Crippen LogP contribution in [-0.2, 0) is 12.8 Å². The molecule has 2 atom stereocenters. The molecule has 1 aliphatic rings. The lowest BCUT2D eigenvalue weighted by atomic mass is 9.92. The van der Waals surface area contributed by atoms with Gasteiger partial charge in [0.2, 0.25) is 0 Å². The molecule has 0 saturated carbocycles. The van der Waals surface area contributed by atoms with Gasteiger partial charge < -0.3 is 10.2 Å². The van der Waals surface area contributed by atoms with Crippen LogP contribution in [0.2, 0.25) is 0 Å². The highest BCUT2D eigenvalue weighted by Crippen LogP contribution is 2.26. The van der Waals surface area contributed by atoms with Gasteiger partial charge in [-0.2, -0.15) is 0 Å². The van der Waals surface area contributed by atoms with Gasteiger partial charge in [0.15, 0.2) is 0 Å². The zero-order valence-corrected chi connectivity index (χ0v) is 10.1. The number of fused-ring (bicyclic) bond motifs is 3. The van der Waals surface area contributed by atoms with Crippen LogP contribution in [0.15, 0.2) is 36.4 Å². The fourth-order valence-electron chi connectivity index (χ4n) is 2.72. The third-order valence-corrected chi connectivity index (χ3v) is 3.60. The molecule has 0 spiro atoms. The highest BCUT2D eigenvalue weighted by molar-refractivity contribution is 5.86. The normalized spacial score (nSPS) is 24.3. The zero-order valence-electron chi connectivity index (χ0n) is 10.1. The minimum Gasteiger partial charge on any atom is -0.379 e. The molecule has 0 saturated heterocycles. The Balaban J connectivity index is 2.13. The average molecular weight is 243 g/mol. The fourth-order valence-corrected chi connectivity index (χ4v) is 2.72. The molecular weight excluding hydrogens is 226 g/mol. The summed E-state index contributed by atoms with van der Waals surface area (Å²) in [5.41, 5.74) is 2.42. The molecule has 2 aromatic carbocycles. The van der Waals surface area contributed by atoms with Crippen molar-refractivity contribution in [1.82, 2.24) is 5.32 Å². The second-order valence-corrected chi connectivity index (χ2v) is 4.87. The van der Waals surface area contributed by atoms with E-state index in [1.807, 2.05) is 12.1 Å². The van der Waals surface area contributed by atoms with E-state index in [1.165, 1.54) is 21.9 Å². The number of aliphatic hydroxyl groups is 2. The summed E-state index contributed by atoms with van der Waals surface area (Å²) in [4.78, 5) is 0. The van der Waals surface area contributed by atoms with E-state index in [0.717, 1.165) is 6.42 Å². The van der Waals surface area contributed by atoms with Crippen LogP contribution in [0.1, 0.15) is 17.5 Å². The van der Waals surface area contributed by atoms with E-state index in [4.69, 9.17) is 0 Å². The number of nitrogens with one attached hydrogen (secondary N) is 1. The van der Waals surface area contributed by atoms with E-state index in [2.05, 4.69) is 29.6 Å². The maximum atomic E-state index is 9.83. The summed E-state index contributed by atoms with van der Waals surface area (Å²) in [7, 11) is 0. The molecule has 18 heavy (non-hydrogen) atoms. The monoisotopic (exact) mass is 243 g/mol. The number of hydrogen-bond donors (Lipinski definition) is 3. The van der Waals surface area contributed by atoms with Crippen LogP contribution in [0.5, 0.6) is 0 Å². The second kappa shape index (κ2) is 4.69. The van der Waals surface area contributed by atoms with Crippen LogP contribution in [0.3, 0.4) is 0 Å². The smallest absolute Gasteiger partial charge is 0.110 e. The topological polar surface area (TPSA) is 52.5 Å². The van der Waals surface area contributed by atoms with Crippen LogP contribution >= 0.6 is 0 Å². The van der Waals surface area contributed by atoms with Crippen LogP contribution in [0.25, 0.3) is 10.8 Å². The molecular formula is C15H17NO2. The van der Waals surface area contributed by atoms with Crippen molar-refractivity contribution in [2.75, 3.05) is 0 Å². The number of aliphatic hydroxyl groups excluding tert-OH is 2. The quantitative estimate of drug-likeness (QED) is 0.658. The van der Waals surface area contributed by atoms with E-state index in [-0.39, 0.29) is 0 Å². The Morgan fingerprint density at radius 3 is 2.72 bits per heavy atom. The molecule has 0 bridgehead atoms. The average Bonchev–Trinajstić information content (AvgIpc) is 2.35. The maximum Gasteiger partial charge on any atom is 0.110 e. The van der Waals surface area contributed by atoms with Gasteiger partial charge >= 0.3 is 0 Å². The molecule has 1 heterocycles. The summed E-state index contributed by atoms with van der Waals surface area (Å²) >= 11 is 0. The van der Waals surface area contributed by atoms with Crippen molar-refractivity contribution in [2.45, 2.75) is 31.7 Å². The van der Waals surface area contributed by atoms with Gasteiger partial charge in [0.25, 0.3) is 0 Å². The summed E-state index contributed by atoms with van der Waals surface area (Å²) in [5.74, 6) is 0. The van der Waals surface area contributed by atoms with Crippen molar-refractivity contribution in [3.8, 4) is 0 Å². The molecule has 0 fully saturated rings. The van der Waals surface area contributed by atoms with Crippen molar-refractivity contribution in [1.29, 1.82) is 0 Å². The highest BCUT2D eigenvalue weighted by atomic mass is 16.3. The second-order valence-electron chi connectivity index (χ2n) is 4.87. The van der Waals surface area contributed by atoms with E-state index in [0.29, 0.717) is 12.8 Å². The Bertz CT molecular complexity index is 567. The minimum absolute atomic E-state index is 0.539. The summed E-state index contributed by atoms with van der Waals surface area (Å²) < 4.78 is 0. The van der Waals surface area contributed by atoms with Gasteiger partial charge in [-0.15, -0.1) is 0 Å². The van der Waals surface area contributed by atoms with E-state index >= 15 is 0 Å². The third-order valence-electron chi connectivity index (χ3n) is 3.60. The van der Waals surface area contributed by atoms with Gasteiger partial charge in [0.05, 0.1) is 0 Å². The number of benzene rings is 2. The molecule has 2 aromatic rings. The fraction of sp³-hybridized carbons (Fsp3) is 0.333. The zero-order chi connectivity index (χ0) is 12.5. The van der Waals surface area contributed by atoms with Gasteiger partial charge in [0.1, 0.15) is 12.5 Å². The van der Waals surface area contributed by atoms with Gasteiger partial charge in [-0.1, -0.05) is 36.4 Å². The van der Waals surface area contributed by atoms with Crippen molar-refractivity contribution in [2.24, 2.45) is 0 Å². The molecule has 3 nitrogen and oxygen atoms in total. The Morgan fingerprint density at radius 1 is 1.00 bits per heavy atom. The number of rotatable bonds is 0. The van der Waals surface area contributed by atoms with Gasteiger partial charge in [0, 0.05) is 6.42 Å². The lowest BCUT2D eigenvalue weighted by Gasteiger charge is -2.24. The Hall–Kier alpha value is -1.42. The maximum absolute atomic E-state index is 9.83. The van der Waals surface area contributed by atoms with Crippen molar-refractivity contribution < 1.29 is 10.2 Å². The number of hydrogen-bond acceptors (Lipinski definition) is 3. The largest absolute Gasteiger partial charge is 0.379 e. The van der Waals surface area contributed by atoms with E-state index in [1.54, 1.807) is 0 Å². The number of aryl methyl sites for hydroxylation is 1. The van der Waals surface area contributed by atoms with Gasteiger partial charge in [-0.3, -0.25) is 5.32 Å². The first kappa shape index (κ1) is 11.7. The molecule has 2 unspecified atom stereocenters. The Kier molecular flexibility index (Phi) is 3.04. The molecule has 0 radical (unpaired) electrons. The molecule has 3 heteroatoms. The van der Waals surface area contributed by atoms with Gasteiger partial charge in [-0.25, -0.2) is 0 Å². The first-order chi connectivity index (χ1) is 8.74. The highest BCUT2D eigenvalue weighted by Gasteiger charge is 2.18. The van der Waals surface area contributed by atoms with Gasteiger partial charge in [-0.05, 0) is 34.7 Å². The van der Waals surface area contributed by atoms with E-state index < -0.39 is 12.5 Å². The lowest BCUT2D eigenvalue weighted by Crippen LogP contribution is -2.41. The standard InChI is InChI=1S/C15H17NO2/c17-14-8-7-13-11(9-15(18)16-14)6-5-10-3-1-2-4-12(10)13/h1-6,14-18H,7-9H2. The van der Waals surface area contributed by atoms with Crippen molar-refractivity contribution >= 4 is 10.8 Å². The van der Waals surface area contributed by atoms with Crippen LogP contribution in [0.4, 0.5) is 0 Å². The first-order valence-electron chi connectivity index (χ1n) is 6.36. The first-order valence-corrected chi connectivity index (χ1v) is 6.36. The molecule has 3 N–H and O–H groups in total. The van der Waals surface area contributed by atoms with Crippen LogP contribution in [-0.4, -0.2) is 22.7 Å². The predicted octanol–water partition coefficient (Wildman–Crippen LogP) is 1.55. The minimum atomic E-state index is -0.680. The summed E-state index contributed by atoms with van der Waals surface area (Å²) in [6.07, 6.45) is 0.680. The van der Waals surface area contributed by atoms with Crippen LogP contribution in [0, 0.1) is 0 Å². The molecule has 0 amide bonds. The summed E-state index contributed by atoms with van der Waals surface area (Å²) in [6.45, 7) is 0. The predicted molar refractivity (Wildman–Crippen MR) is 71.1 cm³/mol. The SMILES string of the molecule is OC1CCc2c(ccc3ccccc23)CC(O)N1. The molecule has 1 aliphatic heterocycles. The summed E-state index contributed by atoms with van der Waals surface area (Å²) in [5, 5.41) is 24.8. The molecule has 94 valence electrons. The Labute approximate surface area is 106 Å². The van der Waals surface area contributed by atoms with Crippen molar-refractivity contribution in [3.63, 3.8) is 0 Å². The van der Waals surface area contributed by atoms with Crippen molar-refractivity contribution in [3.05, 3.63) is 47.5 Å². The Morgan fingerprint density at radius 2 is 1.83 bits per heavy atom. The lowest BCUT2D eigenvalue weighted by molar-refractivity contribution is 0.0357. The van der Waals surface area contributed by atoms with E-state index in [9.17, 15) is 10.2 Å². The molecule has 0 aliphatic carbocycles. The molecule has 0 aromatic heterocycles. The van der Waals surface area contributed by atoms with Crippen LogP contribution < -0.4 is 5.32 Å². The summed E-state index contributed by atoms with van der Waals surface area (Å²) in [6, 6.07) is 12.5. The molecule has 3 rings (SSSR count).